The van der Waals surface area contributed by atoms with Gasteiger partial charge in [-0.15, -0.1) is 11.3 Å². The van der Waals surface area contributed by atoms with Crippen LogP contribution in [0.3, 0.4) is 0 Å². The van der Waals surface area contributed by atoms with Crippen molar-refractivity contribution < 1.29 is 4.74 Å². The smallest absolute Gasteiger partial charge is 0.0939 e. The van der Waals surface area contributed by atoms with E-state index in [-0.39, 0.29) is 0 Å². The van der Waals surface area contributed by atoms with Crippen LogP contribution in [0.4, 0.5) is 0 Å². The third-order valence-corrected chi connectivity index (χ3v) is 4.56. The summed E-state index contributed by atoms with van der Waals surface area (Å²) in [5, 5.41) is 1.19. The molecule has 0 radical (unpaired) electrons. The standard InChI is InChI=1S/C15H18N2OS/c16-9-13-15(12-4-2-1-3-5-12)17-14(19-13)8-11-6-7-18-10-11/h1-5,11H,6-10,16H2. The lowest BCUT2D eigenvalue weighted by Gasteiger charge is -2.02. The molecule has 1 atom stereocenters. The molecule has 1 aliphatic rings. The van der Waals surface area contributed by atoms with Crippen LogP contribution in [0.15, 0.2) is 30.3 Å². The topological polar surface area (TPSA) is 48.1 Å². The van der Waals surface area contributed by atoms with E-state index in [0.29, 0.717) is 12.5 Å². The summed E-state index contributed by atoms with van der Waals surface area (Å²) in [6, 6.07) is 10.3. The molecule has 0 aliphatic carbocycles. The van der Waals surface area contributed by atoms with Gasteiger partial charge >= 0.3 is 0 Å². The number of thiazole rings is 1. The van der Waals surface area contributed by atoms with Crippen molar-refractivity contribution in [2.45, 2.75) is 19.4 Å². The number of benzene rings is 1. The molecule has 1 aromatic heterocycles. The van der Waals surface area contributed by atoms with E-state index in [1.807, 2.05) is 18.2 Å². The fourth-order valence-corrected chi connectivity index (χ4v) is 3.52. The van der Waals surface area contributed by atoms with Crippen LogP contribution < -0.4 is 5.73 Å². The highest BCUT2D eigenvalue weighted by molar-refractivity contribution is 7.12. The van der Waals surface area contributed by atoms with Gasteiger partial charge in [0.1, 0.15) is 0 Å². The summed E-state index contributed by atoms with van der Waals surface area (Å²) in [4.78, 5) is 5.98. The molecule has 1 unspecified atom stereocenters. The Morgan fingerprint density at radius 3 is 2.84 bits per heavy atom. The van der Waals surface area contributed by atoms with Crippen molar-refractivity contribution in [2.75, 3.05) is 13.2 Å². The van der Waals surface area contributed by atoms with E-state index < -0.39 is 0 Å². The van der Waals surface area contributed by atoms with E-state index in [9.17, 15) is 0 Å². The molecular formula is C15H18N2OS. The molecule has 2 heterocycles. The summed E-state index contributed by atoms with van der Waals surface area (Å²) in [6.45, 7) is 2.33. The Morgan fingerprint density at radius 1 is 1.32 bits per heavy atom. The lowest BCUT2D eigenvalue weighted by molar-refractivity contribution is 0.186. The molecule has 0 spiro atoms. The van der Waals surface area contributed by atoms with E-state index in [2.05, 4.69) is 12.1 Å². The molecule has 19 heavy (non-hydrogen) atoms. The van der Waals surface area contributed by atoms with Crippen molar-refractivity contribution in [3.8, 4) is 11.3 Å². The van der Waals surface area contributed by atoms with Crippen molar-refractivity contribution in [2.24, 2.45) is 11.7 Å². The normalized spacial score (nSPS) is 18.9. The first kappa shape index (κ1) is 12.8. The van der Waals surface area contributed by atoms with Crippen LogP contribution in [-0.2, 0) is 17.7 Å². The summed E-state index contributed by atoms with van der Waals surface area (Å²) < 4.78 is 5.43. The molecule has 1 saturated heterocycles. The van der Waals surface area contributed by atoms with Crippen LogP contribution in [0.2, 0.25) is 0 Å². The van der Waals surface area contributed by atoms with Gasteiger partial charge in [-0.05, 0) is 12.3 Å². The Labute approximate surface area is 117 Å². The minimum Gasteiger partial charge on any atom is -0.381 e. The Hall–Kier alpha value is -1.23. The number of nitrogens with two attached hydrogens (primary N) is 1. The molecule has 2 aromatic rings. The number of rotatable bonds is 4. The van der Waals surface area contributed by atoms with Gasteiger partial charge in [0.2, 0.25) is 0 Å². The number of aromatic nitrogens is 1. The van der Waals surface area contributed by atoms with E-state index >= 15 is 0 Å². The summed E-state index contributed by atoms with van der Waals surface area (Å²) in [5.41, 5.74) is 8.07. The SMILES string of the molecule is NCc1sc(CC2CCOC2)nc1-c1ccccc1. The fourth-order valence-electron chi connectivity index (χ4n) is 2.44. The highest BCUT2D eigenvalue weighted by Gasteiger charge is 2.19. The predicted octanol–water partition coefficient (Wildman–Crippen LogP) is 2.85. The lowest BCUT2D eigenvalue weighted by Crippen LogP contribution is -2.02. The predicted molar refractivity (Wildman–Crippen MR) is 78.1 cm³/mol. The minimum atomic E-state index is 0.559. The molecule has 1 fully saturated rings. The zero-order valence-electron chi connectivity index (χ0n) is 10.8. The van der Waals surface area contributed by atoms with Gasteiger partial charge in [-0.25, -0.2) is 4.98 Å². The fraction of sp³-hybridized carbons (Fsp3) is 0.400. The second-order valence-electron chi connectivity index (χ2n) is 4.88. The van der Waals surface area contributed by atoms with E-state index in [1.54, 1.807) is 11.3 Å². The zero-order valence-corrected chi connectivity index (χ0v) is 11.7. The number of ether oxygens (including phenoxy) is 1. The second kappa shape index (κ2) is 5.82. The van der Waals surface area contributed by atoms with Gasteiger partial charge in [0.05, 0.1) is 10.7 Å². The molecule has 4 heteroatoms. The summed E-state index contributed by atoms with van der Waals surface area (Å²) in [7, 11) is 0. The monoisotopic (exact) mass is 274 g/mol. The molecular weight excluding hydrogens is 256 g/mol. The van der Waals surface area contributed by atoms with Crippen LogP contribution in [0.25, 0.3) is 11.3 Å². The first-order chi connectivity index (χ1) is 9.36. The average molecular weight is 274 g/mol. The molecule has 2 N–H and O–H groups in total. The summed E-state index contributed by atoms with van der Waals surface area (Å²) in [5.74, 6) is 0.625. The van der Waals surface area contributed by atoms with Crippen LogP contribution in [0.1, 0.15) is 16.3 Å². The molecule has 0 bridgehead atoms. The van der Waals surface area contributed by atoms with Crippen molar-refractivity contribution in [3.63, 3.8) is 0 Å². The summed E-state index contributed by atoms with van der Waals surface area (Å²) >= 11 is 1.75. The van der Waals surface area contributed by atoms with Crippen LogP contribution >= 0.6 is 11.3 Å². The van der Waals surface area contributed by atoms with Crippen LogP contribution in [0.5, 0.6) is 0 Å². The highest BCUT2D eigenvalue weighted by atomic mass is 32.1. The maximum atomic E-state index is 5.86. The molecule has 0 amide bonds. The average Bonchev–Trinajstić information content (AvgIpc) is 3.09. The van der Waals surface area contributed by atoms with Crippen molar-refractivity contribution >= 4 is 11.3 Å². The number of hydrogen-bond donors (Lipinski definition) is 1. The largest absolute Gasteiger partial charge is 0.381 e. The van der Waals surface area contributed by atoms with Gasteiger partial charge in [0, 0.05) is 36.6 Å². The Kier molecular flexibility index (Phi) is 3.92. The van der Waals surface area contributed by atoms with Gasteiger partial charge in [0.25, 0.3) is 0 Å². The van der Waals surface area contributed by atoms with Crippen LogP contribution in [0, 0.1) is 5.92 Å². The van der Waals surface area contributed by atoms with E-state index in [0.717, 1.165) is 37.3 Å². The molecule has 3 nitrogen and oxygen atoms in total. The maximum absolute atomic E-state index is 5.86. The number of nitrogens with zero attached hydrogens (tertiary/aromatic N) is 1. The quantitative estimate of drug-likeness (QED) is 0.932. The minimum absolute atomic E-state index is 0.559. The Bertz CT molecular complexity index is 532. The molecule has 100 valence electrons. The van der Waals surface area contributed by atoms with Gasteiger partial charge in [-0.3, -0.25) is 0 Å². The van der Waals surface area contributed by atoms with Gasteiger partial charge in [-0.1, -0.05) is 30.3 Å². The molecule has 1 aliphatic heterocycles. The van der Waals surface area contributed by atoms with Crippen molar-refractivity contribution in [3.05, 3.63) is 40.2 Å². The first-order valence-corrected chi connectivity index (χ1v) is 7.50. The molecule has 3 rings (SSSR count). The van der Waals surface area contributed by atoms with Gasteiger partial charge < -0.3 is 10.5 Å². The second-order valence-corrected chi connectivity index (χ2v) is 6.05. The van der Waals surface area contributed by atoms with E-state index in [4.69, 9.17) is 15.5 Å². The third kappa shape index (κ3) is 2.86. The zero-order chi connectivity index (χ0) is 13.1. The Morgan fingerprint density at radius 2 is 2.16 bits per heavy atom. The van der Waals surface area contributed by atoms with Gasteiger partial charge in [-0.2, -0.15) is 0 Å². The van der Waals surface area contributed by atoms with Crippen molar-refractivity contribution in [1.29, 1.82) is 0 Å². The number of hydrogen-bond acceptors (Lipinski definition) is 4. The Balaban J connectivity index is 1.85. The first-order valence-electron chi connectivity index (χ1n) is 6.68. The maximum Gasteiger partial charge on any atom is 0.0939 e. The molecule has 1 aromatic carbocycles. The van der Waals surface area contributed by atoms with Crippen LogP contribution in [-0.4, -0.2) is 18.2 Å². The van der Waals surface area contributed by atoms with Gasteiger partial charge in [0.15, 0.2) is 0 Å². The van der Waals surface area contributed by atoms with E-state index in [1.165, 1.54) is 9.88 Å². The van der Waals surface area contributed by atoms with Crippen molar-refractivity contribution in [1.82, 2.24) is 4.98 Å². The lowest BCUT2D eigenvalue weighted by atomic mass is 10.1. The third-order valence-electron chi connectivity index (χ3n) is 3.46. The molecule has 0 saturated carbocycles. The highest BCUT2D eigenvalue weighted by Crippen LogP contribution is 2.30. The summed E-state index contributed by atoms with van der Waals surface area (Å²) in [6.07, 6.45) is 2.17.